The van der Waals surface area contributed by atoms with Gasteiger partial charge in [0.15, 0.2) is 0 Å². The van der Waals surface area contributed by atoms with Crippen LogP contribution >= 0.6 is 0 Å². The summed E-state index contributed by atoms with van der Waals surface area (Å²) < 4.78 is 4.94. The van der Waals surface area contributed by atoms with Gasteiger partial charge < -0.3 is 15.4 Å². The highest BCUT2D eigenvalue weighted by Gasteiger charge is 2.17. The van der Waals surface area contributed by atoms with E-state index in [2.05, 4.69) is 10.6 Å². The molecule has 2 aromatic carbocycles. The van der Waals surface area contributed by atoms with Gasteiger partial charge in [-0.25, -0.2) is 0 Å². The van der Waals surface area contributed by atoms with E-state index in [4.69, 9.17) is 4.74 Å². The van der Waals surface area contributed by atoms with Crippen LogP contribution in [0.5, 0.6) is 0 Å². The monoisotopic (exact) mass is 368 g/mol. The van der Waals surface area contributed by atoms with Crippen LogP contribution in [-0.2, 0) is 9.53 Å². The van der Waals surface area contributed by atoms with Gasteiger partial charge in [-0.2, -0.15) is 0 Å². The molecule has 0 bridgehead atoms. The first kappa shape index (κ1) is 20.2. The quantitative estimate of drug-likeness (QED) is 0.666. The van der Waals surface area contributed by atoms with Crippen molar-refractivity contribution in [1.29, 1.82) is 0 Å². The van der Waals surface area contributed by atoms with Crippen LogP contribution in [0.3, 0.4) is 0 Å². The van der Waals surface area contributed by atoms with Crippen molar-refractivity contribution in [3.8, 4) is 0 Å². The van der Waals surface area contributed by atoms with Crippen LogP contribution in [0.4, 0.5) is 0 Å². The maximum Gasteiger partial charge on any atom is 0.305 e. The van der Waals surface area contributed by atoms with E-state index in [1.54, 1.807) is 55.5 Å². The molecule has 0 aliphatic rings. The van der Waals surface area contributed by atoms with Crippen LogP contribution in [0.2, 0.25) is 0 Å². The molecular formula is C21H24N2O4. The molecule has 0 aromatic heterocycles. The topological polar surface area (TPSA) is 84.5 Å². The van der Waals surface area contributed by atoms with Crippen LogP contribution in [-0.4, -0.2) is 37.0 Å². The van der Waals surface area contributed by atoms with Gasteiger partial charge in [0, 0.05) is 30.1 Å². The van der Waals surface area contributed by atoms with Crippen molar-refractivity contribution in [2.75, 3.05) is 13.2 Å². The number of carbonyl (C=O) groups excluding carboxylic acids is 3. The molecule has 2 N–H and O–H groups in total. The third kappa shape index (κ3) is 6.93. The van der Waals surface area contributed by atoms with Crippen LogP contribution < -0.4 is 10.6 Å². The van der Waals surface area contributed by atoms with E-state index in [1.165, 1.54) is 0 Å². The average Bonchev–Trinajstić information content (AvgIpc) is 2.71. The summed E-state index contributed by atoms with van der Waals surface area (Å²) in [6, 6.07) is 17.2. The molecule has 6 nitrogen and oxygen atoms in total. The number of rotatable bonds is 9. The standard InChI is InChI=1S/C21H24N2O4/c1-2-27-19(24)14-13-18(23-21(26)17-11-7-4-8-12-17)15-22-20(25)16-9-5-3-6-10-16/h3-12,18H,2,13-15H2,1H3,(H,22,25)(H,23,26)/t18-/m0/s1. The molecule has 0 heterocycles. The molecule has 0 aliphatic carbocycles. The predicted molar refractivity (Wildman–Crippen MR) is 102 cm³/mol. The number of amides is 2. The van der Waals surface area contributed by atoms with E-state index < -0.39 is 6.04 Å². The molecule has 0 spiro atoms. The van der Waals surface area contributed by atoms with Gasteiger partial charge in [0.1, 0.15) is 0 Å². The second-order valence-electron chi connectivity index (χ2n) is 5.96. The Morgan fingerprint density at radius 1 is 0.889 bits per heavy atom. The molecule has 2 amide bonds. The van der Waals surface area contributed by atoms with Crippen LogP contribution in [0, 0.1) is 0 Å². The Morgan fingerprint density at radius 2 is 1.44 bits per heavy atom. The fraction of sp³-hybridized carbons (Fsp3) is 0.286. The molecule has 27 heavy (non-hydrogen) atoms. The summed E-state index contributed by atoms with van der Waals surface area (Å²) in [4.78, 5) is 36.3. The van der Waals surface area contributed by atoms with E-state index >= 15 is 0 Å². The van der Waals surface area contributed by atoms with Gasteiger partial charge in [0.2, 0.25) is 0 Å². The second-order valence-corrected chi connectivity index (χ2v) is 5.96. The molecule has 0 saturated heterocycles. The van der Waals surface area contributed by atoms with Crippen molar-refractivity contribution in [2.24, 2.45) is 0 Å². The van der Waals surface area contributed by atoms with E-state index in [1.807, 2.05) is 12.1 Å². The lowest BCUT2D eigenvalue weighted by molar-refractivity contribution is -0.143. The van der Waals surface area contributed by atoms with E-state index in [0.29, 0.717) is 24.2 Å². The molecule has 0 aliphatic heterocycles. The van der Waals surface area contributed by atoms with Gasteiger partial charge >= 0.3 is 5.97 Å². The van der Waals surface area contributed by atoms with Crippen LogP contribution in [0.1, 0.15) is 40.5 Å². The summed E-state index contributed by atoms with van der Waals surface area (Å²) >= 11 is 0. The Bertz CT molecular complexity index is 747. The van der Waals surface area contributed by atoms with Crippen molar-refractivity contribution in [1.82, 2.24) is 10.6 Å². The molecular weight excluding hydrogens is 344 g/mol. The normalized spacial score (nSPS) is 11.3. The first-order chi connectivity index (χ1) is 13.1. The number of hydrogen-bond acceptors (Lipinski definition) is 4. The van der Waals surface area contributed by atoms with Crippen molar-refractivity contribution < 1.29 is 19.1 Å². The van der Waals surface area contributed by atoms with Crippen LogP contribution in [0.15, 0.2) is 60.7 Å². The number of nitrogens with one attached hydrogen (secondary N) is 2. The highest BCUT2D eigenvalue weighted by molar-refractivity contribution is 5.95. The summed E-state index contributed by atoms with van der Waals surface area (Å²) in [5.74, 6) is -0.810. The third-order valence-corrected chi connectivity index (χ3v) is 3.92. The SMILES string of the molecule is CCOC(=O)CC[C@@H](CNC(=O)c1ccccc1)NC(=O)c1ccccc1. The van der Waals surface area contributed by atoms with Crippen LogP contribution in [0.25, 0.3) is 0 Å². The fourth-order valence-electron chi connectivity index (χ4n) is 2.52. The molecule has 6 heteroatoms. The first-order valence-corrected chi connectivity index (χ1v) is 8.95. The Balaban J connectivity index is 1.97. The molecule has 0 unspecified atom stereocenters. The minimum Gasteiger partial charge on any atom is -0.466 e. The van der Waals surface area contributed by atoms with Crippen molar-refractivity contribution >= 4 is 17.8 Å². The van der Waals surface area contributed by atoms with Crippen molar-refractivity contribution in [3.05, 3.63) is 71.8 Å². The van der Waals surface area contributed by atoms with Gasteiger partial charge in [-0.3, -0.25) is 14.4 Å². The Labute approximate surface area is 158 Å². The molecule has 2 rings (SSSR count). The number of carbonyl (C=O) groups is 3. The summed E-state index contributed by atoms with van der Waals surface area (Å²) in [7, 11) is 0. The number of esters is 1. The van der Waals surface area contributed by atoms with Crippen molar-refractivity contribution in [2.45, 2.75) is 25.8 Å². The molecule has 0 saturated carbocycles. The number of benzene rings is 2. The Hall–Kier alpha value is -3.15. The van der Waals surface area contributed by atoms with Gasteiger partial charge in [0.25, 0.3) is 11.8 Å². The molecule has 1 atom stereocenters. The lowest BCUT2D eigenvalue weighted by atomic mass is 10.1. The first-order valence-electron chi connectivity index (χ1n) is 8.95. The number of hydrogen-bond donors (Lipinski definition) is 2. The zero-order chi connectivity index (χ0) is 19.5. The predicted octanol–water partition coefficient (Wildman–Crippen LogP) is 2.56. The fourth-order valence-corrected chi connectivity index (χ4v) is 2.52. The molecule has 2 aromatic rings. The van der Waals surface area contributed by atoms with Gasteiger partial charge in [-0.05, 0) is 37.6 Å². The molecule has 0 fully saturated rings. The zero-order valence-electron chi connectivity index (χ0n) is 15.3. The van der Waals surface area contributed by atoms with E-state index in [9.17, 15) is 14.4 Å². The average molecular weight is 368 g/mol. The van der Waals surface area contributed by atoms with E-state index in [-0.39, 0.29) is 30.7 Å². The van der Waals surface area contributed by atoms with Crippen molar-refractivity contribution in [3.63, 3.8) is 0 Å². The lowest BCUT2D eigenvalue weighted by Gasteiger charge is -2.19. The molecule has 142 valence electrons. The Morgan fingerprint density at radius 3 is 2.00 bits per heavy atom. The summed E-state index contributed by atoms with van der Waals surface area (Å²) in [6.07, 6.45) is 0.529. The molecule has 0 radical (unpaired) electrons. The minimum absolute atomic E-state index is 0.161. The third-order valence-electron chi connectivity index (χ3n) is 3.92. The smallest absolute Gasteiger partial charge is 0.305 e. The highest BCUT2D eigenvalue weighted by atomic mass is 16.5. The summed E-state index contributed by atoms with van der Waals surface area (Å²) in [5, 5.41) is 5.68. The zero-order valence-corrected chi connectivity index (χ0v) is 15.3. The lowest BCUT2D eigenvalue weighted by Crippen LogP contribution is -2.44. The summed E-state index contributed by atoms with van der Waals surface area (Å²) in [6.45, 7) is 2.27. The Kier molecular flexibility index (Phi) is 8.03. The maximum atomic E-state index is 12.4. The number of ether oxygens (including phenoxy) is 1. The highest BCUT2D eigenvalue weighted by Crippen LogP contribution is 2.04. The van der Waals surface area contributed by atoms with Gasteiger partial charge in [0.05, 0.1) is 6.61 Å². The largest absolute Gasteiger partial charge is 0.466 e. The summed E-state index contributed by atoms with van der Waals surface area (Å²) in [5.41, 5.74) is 1.06. The second kappa shape index (κ2) is 10.8. The maximum absolute atomic E-state index is 12.4. The van der Waals surface area contributed by atoms with Gasteiger partial charge in [-0.1, -0.05) is 36.4 Å². The van der Waals surface area contributed by atoms with E-state index in [0.717, 1.165) is 0 Å². The minimum atomic E-state index is -0.394. The van der Waals surface area contributed by atoms with Gasteiger partial charge in [-0.15, -0.1) is 0 Å².